The Morgan fingerprint density at radius 1 is 1.21 bits per heavy atom. The van der Waals surface area contributed by atoms with Crippen molar-refractivity contribution in [3.8, 4) is 0 Å². The van der Waals surface area contributed by atoms with Crippen LogP contribution in [0.4, 0.5) is 0 Å². The van der Waals surface area contributed by atoms with Gasteiger partial charge in [-0.2, -0.15) is 0 Å². The summed E-state index contributed by atoms with van der Waals surface area (Å²) in [5.41, 5.74) is 7.08. The Morgan fingerprint density at radius 3 is 2.16 bits per heavy atom. The van der Waals surface area contributed by atoms with Crippen molar-refractivity contribution < 1.29 is 9.53 Å². The van der Waals surface area contributed by atoms with Crippen LogP contribution in [0.3, 0.4) is 0 Å². The predicted molar refractivity (Wildman–Crippen MR) is 82.5 cm³/mol. The molecule has 0 spiro atoms. The fourth-order valence-corrected chi connectivity index (χ4v) is 2.93. The van der Waals surface area contributed by atoms with Crippen LogP contribution in [0.2, 0.25) is 18.1 Å². The van der Waals surface area contributed by atoms with Crippen molar-refractivity contribution >= 4 is 8.32 Å². The second-order valence-electron chi connectivity index (χ2n) is 6.56. The number of hydrogen-bond acceptors (Lipinski definition) is 3. The summed E-state index contributed by atoms with van der Waals surface area (Å²) in [6.45, 7) is 10.9. The van der Waals surface area contributed by atoms with Gasteiger partial charge in [-0.1, -0.05) is 51.1 Å². The van der Waals surface area contributed by atoms with E-state index in [2.05, 4.69) is 33.9 Å². The average Bonchev–Trinajstić information content (AvgIpc) is 2.35. The van der Waals surface area contributed by atoms with E-state index >= 15 is 0 Å². The van der Waals surface area contributed by atoms with Crippen LogP contribution in [-0.2, 0) is 4.43 Å². The third kappa shape index (κ3) is 4.14. The van der Waals surface area contributed by atoms with Gasteiger partial charge in [0, 0.05) is 0 Å². The van der Waals surface area contributed by atoms with Crippen molar-refractivity contribution in [2.45, 2.75) is 51.0 Å². The molecule has 0 aliphatic carbocycles. The lowest BCUT2D eigenvalue weighted by Gasteiger charge is -2.40. The highest BCUT2D eigenvalue weighted by atomic mass is 28.4. The van der Waals surface area contributed by atoms with E-state index in [0.29, 0.717) is 0 Å². The summed E-state index contributed by atoms with van der Waals surface area (Å²) < 4.78 is 6.40. The molecule has 1 aromatic carbocycles. The lowest BCUT2D eigenvalue weighted by atomic mass is 10.0. The molecule has 1 aromatic rings. The molecular weight excluding hydrogens is 254 g/mol. The van der Waals surface area contributed by atoms with E-state index in [-0.39, 0.29) is 17.7 Å². The minimum Gasteiger partial charge on any atom is -0.408 e. The Kier molecular flexibility index (Phi) is 5.32. The Labute approximate surface area is 117 Å². The maximum Gasteiger partial charge on any atom is 0.192 e. The molecule has 0 radical (unpaired) electrons. The largest absolute Gasteiger partial charge is 0.408 e. The molecular formula is C15H27NO2Si. The van der Waals surface area contributed by atoms with Gasteiger partial charge in [0.2, 0.25) is 0 Å². The highest BCUT2D eigenvalue weighted by Gasteiger charge is 2.40. The quantitative estimate of drug-likeness (QED) is 0.816. The Balaban J connectivity index is 3.01. The van der Waals surface area contributed by atoms with E-state index in [1.807, 2.05) is 30.3 Å². The maximum atomic E-state index is 9.38. The topological polar surface area (TPSA) is 55.5 Å². The number of benzene rings is 1. The number of rotatable bonds is 5. The number of aliphatic hydroxyl groups is 1. The third-order valence-electron chi connectivity index (χ3n) is 3.96. The first-order valence-corrected chi connectivity index (χ1v) is 9.69. The first-order chi connectivity index (χ1) is 8.69. The molecule has 0 aliphatic rings. The van der Waals surface area contributed by atoms with Gasteiger partial charge in [-0.3, -0.25) is 0 Å². The molecule has 1 rings (SSSR count). The predicted octanol–water partition coefficient (Wildman–Crippen LogP) is 3.07. The normalized spacial score (nSPS) is 16.2. The van der Waals surface area contributed by atoms with Gasteiger partial charge < -0.3 is 15.3 Å². The van der Waals surface area contributed by atoms with E-state index < -0.39 is 14.4 Å². The zero-order chi connectivity index (χ0) is 14.7. The van der Waals surface area contributed by atoms with Crippen molar-refractivity contribution in [2.24, 2.45) is 5.73 Å². The fraction of sp³-hybridized carbons (Fsp3) is 0.600. The van der Waals surface area contributed by atoms with Crippen LogP contribution >= 0.6 is 0 Å². The molecule has 0 amide bonds. The van der Waals surface area contributed by atoms with E-state index in [9.17, 15) is 5.11 Å². The molecule has 0 bridgehead atoms. The number of nitrogens with two attached hydrogens (primary N) is 1. The minimum absolute atomic E-state index is 0.0752. The zero-order valence-electron chi connectivity index (χ0n) is 12.7. The van der Waals surface area contributed by atoms with E-state index in [1.54, 1.807) is 0 Å². The minimum atomic E-state index is -1.92. The fourth-order valence-electron chi connectivity index (χ4n) is 1.64. The van der Waals surface area contributed by atoms with Gasteiger partial charge in [0.25, 0.3) is 0 Å². The van der Waals surface area contributed by atoms with Crippen LogP contribution in [0.25, 0.3) is 0 Å². The molecule has 0 saturated carbocycles. The van der Waals surface area contributed by atoms with Gasteiger partial charge >= 0.3 is 0 Å². The van der Waals surface area contributed by atoms with Gasteiger partial charge in [-0.05, 0) is 23.7 Å². The second-order valence-corrected chi connectivity index (χ2v) is 11.3. The zero-order valence-corrected chi connectivity index (χ0v) is 13.7. The first kappa shape index (κ1) is 16.4. The molecule has 4 heteroatoms. The molecule has 19 heavy (non-hydrogen) atoms. The summed E-state index contributed by atoms with van der Waals surface area (Å²) in [4.78, 5) is 0. The number of aliphatic hydroxyl groups excluding tert-OH is 1. The van der Waals surface area contributed by atoms with Crippen molar-refractivity contribution in [1.29, 1.82) is 0 Å². The molecule has 3 nitrogen and oxygen atoms in total. The third-order valence-corrected chi connectivity index (χ3v) is 8.41. The molecule has 0 aromatic heterocycles. The Bertz CT molecular complexity index is 387. The van der Waals surface area contributed by atoms with Crippen LogP contribution in [-0.4, -0.2) is 26.1 Å². The molecule has 3 N–H and O–H groups in total. The van der Waals surface area contributed by atoms with Crippen molar-refractivity contribution in [2.75, 3.05) is 6.61 Å². The van der Waals surface area contributed by atoms with Crippen LogP contribution in [0.15, 0.2) is 30.3 Å². The molecule has 2 atom stereocenters. The average molecular weight is 281 g/mol. The first-order valence-electron chi connectivity index (χ1n) is 6.78. The monoisotopic (exact) mass is 281 g/mol. The van der Waals surface area contributed by atoms with Crippen molar-refractivity contribution in [3.63, 3.8) is 0 Å². The van der Waals surface area contributed by atoms with E-state index in [4.69, 9.17) is 10.2 Å². The van der Waals surface area contributed by atoms with Crippen LogP contribution in [0.1, 0.15) is 32.4 Å². The number of hydrogen-bond donors (Lipinski definition) is 2. The van der Waals surface area contributed by atoms with E-state index in [0.717, 1.165) is 5.56 Å². The second kappa shape index (κ2) is 6.18. The lowest BCUT2D eigenvalue weighted by molar-refractivity contribution is 0.117. The van der Waals surface area contributed by atoms with Crippen LogP contribution in [0, 0.1) is 0 Å². The van der Waals surface area contributed by atoms with Crippen LogP contribution < -0.4 is 5.73 Å². The summed E-state index contributed by atoms with van der Waals surface area (Å²) in [5, 5.41) is 9.50. The summed E-state index contributed by atoms with van der Waals surface area (Å²) >= 11 is 0. The molecule has 0 aliphatic heterocycles. The van der Waals surface area contributed by atoms with Crippen LogP contribution in [0.5, 0.6) is 0 Å². The van der Waals surface area contributed by atoms with Gasteiger partial charge in [0.1, 0.15) is 0 Å². The SMILES string of the molecule is CC(C)(C)[Si](C)(C)O[C@@H](c1ccccc1)[C@@H](N)CO. The molecule has 0 saturated heterocycles. The standard InChI is InChI=1S/C15H27NO2Si/c1-15(2,3)19(4,5)18-14(13(16)11-17)12-9-7-6-8-10-12/h6-10,13-14,17H,11,16H2,1-5H3/t13-,14-/m0/s1. The van der Waals surface area contributed by atoms with Gasteiger partial charge in [0.15, 0.2) is 8.32 Å². The summed E-state index contributed by atoms with van der Waals surface area (Å²) in [6.07, 6.45) is -0.243. The van der Waals surface area contributed by atoms with Gasteiger partial charge in [0.05, 0.1) is 18.8 Å². The lowest BCUT2D eigenvalue weighted by Crippen LogP contribution is -2.46. The van der Waals surface area contributed by atoms with Crippen molar-refractivity contribution in [1.82, 2.24) is 0 Å². The smallest absolute Gasteiger partial charge is 0.192 e. The van der Waals surface area contributed by atoms with Gasteiger partial charge in [-0.15, -0.1) is 0 Å². The van der Waals surface area contributed by atoms with Gasteiger partial charge in [-0.25, -0.2) is 0 Å². The highest BCUT2D eigenvalue weighted by molar-refractivity contribution is 6.74. The van der Waals surface area contributed by atoms with E-state index in [1.165, 1.54) is 0 Å². The molecule has 108 valence electrons. The summed E-state index contributed by atoms with van der Waals surface area (Å²) in [6, 6.07) is 9.54. The summed E-state index contributed by atoms with van der Waals surface area (Å²) in [7, 11) is -1.92. The Hall–Kier alpha value is -0.683. The molecule has 0 heterocycles. The Morgan fingerprint density at radius 2 is 1.74 bits per heavy atom. The molecule has 0 fully saturated rings. The molecule has 0 unspecified atom stereocenters. The van der Waals surface area contributed by atoms with Crippen molar-refractivity contribution in [3.05, 3.63) is 35.9 Å². The highest BCUT2D eigenvalue weighted by Crippen LogP contribution is 2.40. The summed E-state index contributed by atoms with van der Waals surface area (Å²) in [5.74, 6) is 0. The maximum absolute atomic E-state index is 9.38.